The number of nitrogens with one attached hydrogen (secondary N) is 1. The van der Waals surface area contributed by atoms with Gasteiger partial charge in [0.2, 0.25) is 0 Å². The molecule has 0 spiro atoms. The van der Waals surface area contributed by atoms with Crippen molar-refractivity contribution in [2.75, 3.05) is 7.05 Å². The third-order valence-electron chi connectivity index (χ3n) is 2.52. The molecule has 2 aromatic rings. The Balaban J connectivity index is 2.50. The Kier molecular flexibility index (Phi) is 3.39. The number of halogens is 2. The van der Waals surface area contributed by atoms with E-state index in [9.17, 15) is 8.78 Å². The summed E-state index contributed by atoms with van der Waals surface area (Å²) >= 11 is 0. The van der Waals surface area contributed by atoms with E-state index in [1.807, 2.05) is 0 Å². The van der Waals surface area contributed by atoms with Crippen LogP contribution in [-0.4, -0.2) is 17.2 Å². The maximum absolute atomic E-state index is 13.7. The highest BCUT2D eigenvalue weighted by molar-refractivity contribution is 5.31. The van der Waals surface area contributed by atoms with Crippen molar-refractivity contribution in [3.05, 3.63) is 59.4 Å². The van der Waals surface area contributed by atoms with Gasteiger partial charge in [0.25, 0.3) is 0 Å². The van der Waals surface area contributed by atoms with Crippen molar-refractivity contribution in [3.63, 3.8) is 0 Å². The van der Waals surface area contributed by atoms with Crippen LogP contribution in [0.1, 0.15) is 17.2 Å². The van der Waals surface area contributed by atoms with Gasteiger partial charge in [-0.2, -0.15) is 10.2 Å². The predicted molar refractivity (Wildman–Crippen MR) is 59.3 cm³/mol. The molecule has 1 heterocycles. The van der Waals surface area contributed by atoms with E-state index >= 15 is 0 Å². The van der Waals surface area contributed by atoms with Crippen molar-refractivity contribution in [2.45, 2.75) is 6.04 Å². The molecular formula is C12H11F2N3. The standard InChI is InChI=1S/C12H11F2N3/c1-15-12(8-5-6-16-17-7-8)11-9(13)3-2-4-10(11)14/h2-7,12,15H,1H3. The number of rotatable bonds is 3. The van der Waals surface area contributed by atoms with Crippen LogP contribution in [0.4, 0.5) is 8.78 Å². The van der Waals surface area contributed by atoms with E-state index in [2.05, 4.69) is 15.5 Å². The van der Waals surface area contributed by atoms with Crippen molar-refractivity contribution < 1.29 is 8.78 Å². The van der Waals surface area contributed by atoms with Gasteiger partial charge < -0.3 is 5.32 Å². The topological polar surface area (TPSA) is 37.8 Å². The molecule has 1 N–H and O–H groups in total. The summed E-state index contributed by atoms with van der Waals surface area (Å²) in [4.78, 5) is 0. The average molecular weight is 235 g/mol. The average Bonchev–Trinajstić information content (AvgIpc) is 2.35. The minimum Gasteiger partial charge on any atom is -0.309 e. The summed E-state index contributed by atoms with van der Waals surface area (Å²) in [5.74, 6) is -1.16. The molecule has 88 valence electrons. The van der Waals surface area contributed by atoms with Gasteiger partial charge in [-0.3, -0.25) is 0 Å². The number of hydrogen-bond donors (Lipinski definition) is 1. The largest absolute Gasteiger partial charge is 0.309 e. The molecule has 1 atom stereocenters. The van der Waals surface area contributed by atoms with Crippen LogP contribution in [-0.2, 0) is 0 Å². The lowest BCUT2D eigenvalue weighted by Crippen LogP contribution is -2.20. The lowest BCUT2D eigenvalue weighted by atomic mass is 10.00. The van der Waals surface area contributed by atoms with Gasteiger partial charge in [0.1, 0.15) is 11.6 Å². The van der Waals surface area contributed by atoms with Crippen molar-refractivity contribution in [3.8, 4) is 0 Å². The molecule has 1 unspecified atom stereocenters. The van der Waals surface area contributed by atoms with Crippen molar-refractivity contribution in [1.29, 1.82) is 0 Å². The molecule has 5 heteroatoms. The predicted octanol–water partition coefficient (Wildman–Crippen LogP) is 2.06. The van der Waals surface area contributed by atoms with E-state index < -0.39 is 17.7 Å². The summed E-state index contributed by atoms with van der Waals surface area (Å²) in [7, 11) is 1.64. The Morgan fingerprint density at radius 1 is 1.12 bits per heavy atom. The molecule has 1 aromatic heterocycles. The zero-order valence-electron chi connectivity index (χ0n) is 9.19. The summed E-state index contributed by atoms with van der Waals surface area (Å²) < 4.78 is 27.3. The van der Waals surface area contributed by atoms with E-state index in [1.165, 1.54) is 30.6 Å². The van der Waals surface area contributed by atoms with Crippen LogP contribution in [0.15, 0.2) is 36.7 Å². The third-order valence-corrected chi connectivity index (χ3v) is 2.52. The summed E-state index contributed by atoms with van der Waals surface area (Å²) in [6, 6.07) is 4.90. The normalized spacial score (nSPS) is 12.4. The van der Waals surface area contributed by atoms with Crippen molar-refractivity contribution >= 4 is 0 Å². The van der Waals surface area contributed by atoms with E-state index in [1.54, 1.807) is 13.1 Å². The van der Waals surface area contributed by atoms with Gasteiger partial charge in [-0.15, -0.1) is 0 Å². The number of hydrogen-bond acceptors (Lipinski definition) is 3. The van der Waals surface area contributed by atoms with Crippen LogP contribution < -0.4 is 5.32 Å². The van der Waals surface area contributed by atoms with E-state index in [0.717, 1.165) is 0 Å². The zero-order chi connectivity index (χ0) is 12.3. The van der Waals surface area contributed by atoms with E-state index in [0.29, 0.717) is 5.56 Å². The van der Waals surface area contributed by atoms with Crippen molar-refractivity contribution in [2.24, 2.45) is 0 Å². The second kappa shape index (κ2) is 4.97. The first kappa shape index (κ1) is 11.6. The first-order valence-corrected chi connectivity index (χ1v) is 5.12. The number of nitrogens with zero attached hydrogens (tertiary/aromatic N) is 2. The van der Waals surface area contributed by atoms with Gasteiger partial charge in [-0.25, -0.2) is 8.78 Å². The fourth-order valence-electron chi connectivity index (χ4n) is 1.74. The number of benzene rings is 1. The first-order valence-electron chi connectivity index (χ1n) is 5.12. The summed E-state index contributed by atoms with van der Waals surface area (Å²) in [5.41, 5.74) is 0.648. The fraction of sp³-hybridized carbons (Fsp3) is 0.167. The minimum atomic E-state index is -0.582. The van der Waals surface area contributed by atoms with Crippen LogP contribution in [0.5, 0.6) is 0 Å². The molecule has 0 radical (unpaired) electrons. The van der Waals surface area contributed by atoms with Gasteiger partial charge in [-0.1, -0.05) is 6.07 Å². The second-order valence-electron chi connectivity index (χ2n) is 3.53. The van der Waals surface area contributed by atoms with Crippen LogP contribution >= 0.6 is 0 Å². The Morgan fingerprint density at radius 2 is 1.82 bits per heavy atom. The molecule has 1 aromatic carbocycles. The van der Waals surface area contributed by atoms with Gasteiger partial charge in [0.15, 0.2) is 0 Å². The summed E-state index contributed by atoms with van der Waals surface area (Å²) in [6.45, 7) is 0. The molecule has 17 heavy (non-hydrogen) atoms. The van der Waals surface area contributed by atoms with E-state index in [-0.39, 0.29) is 5.56 Å². The number of aromatic nitrogens is 2. The third kappa shape index (κ3) is 2.29. The molecule has 0 bridgehead atoms. The highest BCUT2D eigenvalue weighted by atomic mass is 19.1. The molecule has 0 aliphatic carbocycles. The van der Waals surface area contributed by atoms with Crippen molar-refractivity contribution in [1.82, 2.24) is 15.5 Å². The van der Waals surface area contributed by atoms with Gasteiger partial charge in [0.05, 0.1) is 12.2 Å². The lowest BCUT2D eigenvalue weighted by Gasteiger charge is -2.17. The quantitative estimate of drug-likeness (QED) is 0.884. The van der Waals surface area contributed by atoms with Crippen LogP contribution in [0.2, 0.25) is 0 Å². The molecule has 2 rings (SSSR count). The van der Waals surface area contributed by atoms with Gasteiger partial charge in [0, 0.05) is 11.8 Å². The molecule has 0 saturated heterocycles. The summed E-state index contributed by atoms with van der Waals surface area (Å²) in [6.07, 6.45) is 2.96. The molecule has 0 amide bonds. The maximum atomic E-state index is 13.7. The smallest absolute Gasteiger partial charge is 0.131 e. The fourth-order valence-corrected chi connectivity index (χ4v) is 1.74. The molecule has 0 aliphatic rings. The first-order chi connectivity index (χ1) is 8.24. The molecule has 3 nitrogen and oxygen atoms in total. The lowest BCUT2D eigenvalue weighted by molar-refractivity contribution is 0.521. The Labute approximate surface area is 97.5 Å². The van der Waals surface area contributed by atoms with Gasteiger partial charge in [-0.05, 0) is 30.8 Å². The molecule has 0 saturated carbocycles. The molecular weight excluding hydrogens is 224 g/mol. The summed E-state index contributed by atoms with van der Waals surface area (Å²) in [5, 5.41) is 10.2. The Morgan fingerprint density at radius 3 is 2.35 bits per heavy atom. The van der Waals surface area contributed by atoms with Crippen LogP contribution in [0, 0.1) is 11.6 Å². The molecule has 0 aliphatic heterocycles. The Hall–Kier alpha value is -1.88. The Bertz CT molecular complexity index is 482. The monoisotopic (exact) mass is 235 g/mol. The minimum absolute atomic E-state index is 0.0111. The van der Waals surface area contributed by atoms with E-state index in [4.69, 9.17) is 0 Å². The van der Waals surface area contributed by atoms with Gasteiger partial charge >= 0.3 is 0 Å². The highest BCUT2D eigenvalue weighted by Gasteiger charge is 2.20. The maximum Gasteiger partial charge on any atom is 0.131 e. The SMILES string of the molecule is CNC(c1ccnnc1)c1c(F)cccc1F. The zero-order valence-corrected chi connectivity index (χ0v) is 9.19. The second-order valence-corrected chi connectivity index (χ2v) is 3.53. The molecule has 0 fully saturated rings. The van der Waals surface area contributed by atoms with Crippen LogP contribution in [0.25, 0.3) is 0 Å². The van der Waals surface area contributed by atoms with Crippen LogP contribution in [0.3, 0.4) is 0 Å². The highest BCUT2D eigenvalue weighted by Crippen LogP contribution is 2.25.